The zero-order valence-electron chi connectivity index (χ0n) is 15.6. The number of hydrogen-bond donors (Lipinski definition) is 2. The Morgan fingerprint density at radius 2 is 1.79 bits per heavy atom. The van der Waals surface area contributed by atoms with Crippen LogP contribution in [0.1, 0.15) is 16.1 Å². The molecular weight excluding hydrogens is 397 g/mol. The van der Waals surface area contributed by atoms with Crippen molar-refractivity contribution in [3.05, 3.63) is 76.7 Å². The molecule has 0 saturated carbocycles. The van der Waals surface area contributed by atoms with Crippen LogP contribution in [0.25, 0.3) is 11.1 Å². The van der Waals surface area contributed by atoms with Crippen LogP contribution in [0.2, 0.25) is 5.02 Å². The summed E-state index contributed by atoms with van der Waals surface area (Å²) >= 11 is 5.83. The zero-order valence-corrected chi connectivity index (χ0v) is 16.4. The highest BCUT2D eigenvalue weighted by Gasteiger charge is 2.18. The standard InChI is InChI=1S/C21H17ClFN3O3/c1-12-15(13-6-8-14(29-2)9-7-13)10-11-18(24-12)25-21(28)26-20(27)19-16(22)4-3-5-17(19)23/h3-11H,1-2H3,(H2,24,25,26,27,28). The van der Waals surface area contributed by atoms with Crippen LogP contribution in [0.15, 0.2) is 54.6 Å². The lowest BCUT2D eigenvalue weighted by Crippen LogP contribution is -2.35. The lowest BCUT2D eigenvalue weighted by molar-refractivity contribution is 0.0963. The van der Waals surface area contributed by atoms with Gasteiger partial charge in [0.2, 0.25) is 0 Å². The Kier molecular flexibility index (Phi) is 6.09. The number of urea groups is 1. The first-order valence-corrected chi connectivity index (χ1v) is 8.95. The van der Waals surface area contributed by atoms with Crippen LogP contribution < -0.4 is 15.4 Å². The van der Waals surface area contributed by atoms with Crippen LogP contribution in [-0.4, -0.2) is 24.0 Å². The molecule has 0 atom stereocenters. The Bertz CT molecular complexity index is 1050. The molecule has 0 unspecified atom stereocenters. The van der Waals surface area contributed by atoms with Gasteiger partial charge in [0.05, 0.1) is 17.7 Å². The molecule has 0 aliphatic heterocycles. The lowest BCUT2D eigenvalue weighted by Gasteiger charge is -2.11. The number of nitrogens with one attached hydrogen (secondary N) is 2. The fourth-order valence-corrected chi connectivity index (χ4v) is 2.98. The van der Waals surface area contributed by atoms with Gasteiger partial charge in [-0.1, -0.05) is 29.8 Å². The molecule has 0 saturated heterocycles. The molecule has 0 aliphatic rings. The number of methoxy groups -OCH3 is 1. The van der Waals surface area contributed by atoms with Crippen LogP contribution >= 0.6 is 11.6 Å². The summed E-state index contributed by atoms with van der Waals surface area (Å²) in [6.07, 6.45) is 0. The van der Waals surface area contributed by atoms with Crippen molar-refractivity contribution >= 4 is 29.4 Å². The van der Waals surface area contributed by atoms with E-state index in [0.717, 1.165) is 22.9 Å². The van der Waals surface area contributed by atoms with E-state index >= 15 is 0 Å². The molecule has 6 nitrogen and oxygen atoms in total. The normalized spacial score (nSPS) is 10.3. The summed E-state index contributed by atoms with van der Waals surface area (Å²) < 4.78 is 18.9. The topological polar surface area (TPSA) is 80.3 Å². The van der Waals surface area contributed by atoms with Crippen molar-refractivity contribution < 1.29 is 18.7 Å². The van der Waals surface area contributed by atoms with E-state index in [4.69, 9.17) is 16.3 Å². The van der Waals surface area contributed by atoms with Gasteiger partial charge in [-0.05, 0) is 48.9 Å². The molecule has 3 amide bonds. The molecule has 2 N–H and O–H groups in total. The SMILES string of the molecule is COc1ccc(-c2ccc(NC(=O)NC(=O)c3c(F)cccc3Cl)nc2C)cc1. The van der Waals surface area contributed by atoms with Gasteiger partial charge in [0.1, 0.15) is 17.4 Å². The van der Waals surface area contributed by atoms with E-state index in [2.05, 4.69) is 10.3 Å². The van der Waals surface area contributed by atoms with Gasteiger partial charge in [0.15, 0.2) is 0 Å². The summed E-state index contributed by atoms with van der Waals surface area (Å²) in [5.74, 6) is -0.781. The Morgan fingerprint density at radius 3 is 2.41 bits per heavy atom. The van der Waals surface area contributed by atoms with Gasteiger partial charge in [0, 0.05) is 11.3 Å². The van der Waals surface area contributed by atoms with Crippen LogP contribution in [0.4, 0.5) is 15.0 Å². The summed E-state index contributed by atoms with van der Waals surface area (Å²) in [6, 6.07) is 13.9. The van der Waals surface area contributed by atoms with Crippen molar-refractivity contribution in [2.45, 2.75) is 6.92 Å². The van der Waals surface area contributed by atoms with Gasteiger partial charge in [-0.2, -0.15) is 0 Å². The van der Waals surface area contributed by atoms with Crippen molar-refractivity contribution in [1.29, 1.82) is 0 Å². The van der Waals surface area contributed by atoms with E-state index in [9.17, 15) is 14.0 Å². The van der Waals surface area contributed by atoms with Crippen LogP contribution in [0.3, 0.4) is 0 Å². The fourth-order valence-electron chi connectivity index (χ4n) is 2.73. The lowest BCUT2D eigenvalue weighted by atomic mass is 10.0. The maximum atomic E-state index is 13.8. The first-order chi connectivity index (χ1) is 13.9. The van der Waals surface area contributed by atoms with Gasteiger partial charge < -0.3 is 4.74 Å². The van der Waals surface area contributed by atoms with E-state index < -0.39 is 23.3 Å². The summed E-state index contributed by atoms with van der Waals surface area (Å²) in [4.78, 5) is 28.5. The molecule has 0 spiro atoms. The van der Waals surface area contributed by atoms with E-state index in [1.807, 2.05) is 29.6 Å². The van der Waals surface area contributed by atoms with Gasteiger partial charge in [-0.25, -0.2) is 14.2 Å². The van der Waals surface area contributed by atoms with Gasteiger partial charge in [0.25, 0.3) is 5.91 Å². The second kappa shape index (κ2) is 8.70. The summed E-state index contributed by atoms with van der Waals surface area (Å²) in [5, 5.41) is 4.40. The van der Waals surface area contributed by atoms with Crippen molar-refractivity contribution in [3.63, 3.8) is 0 Å². The third-order valence-electron chi connectivity index (χ3n) is 4.15. The molecule has 0 bridgehead atoms. The molecule has 3 rings (SSSR count). The second-order valence-electron chi connectivity index (χ2n) is 6.06. The summed E-state index contributed by atoms with van der Waals surface area (Å²) in [6.45, 7) is 1.80. The smallest absolute Gasteiger partial charge is 0.327 e. The van der Waals surface area contributed by atoms with E-state index in [1.165, 1.54) is 12.1 Å². The number of anilines is 1. The molecule has 29 heavy (non-hydrogen) atoms. The van der Waals surface area contributed by atoms with Crippen LogP contribution in [0, 0.1) is 12.7 Å². The molecule has 8 heteroatoms. The molecule has 0 aliphatic carbocycles. The van der Waals surface area contributed by atoms with Crippen molar-refractivity contribution in [2.75, 3.05) is 12.4 Å². The molecular formula is C21H17ClFN3O3. The van der Waals surface area contributed by atoms with Crippen molar-refractivity contribution in [3.8, 4) is 16.9 Å². The molecule has 1 heterocycles. The Morgan fingerprint density at radius 1 is 1.07 bits per heavy atom. The third kappa shape index (κ3) is 4.70. The fraction of sp³-hybridized carbons (Fsp3) is 0.0952. The number of halogens is 2. The van der Waals surface area contributed by atoms with Crippen molar-refractivity contribution in [2.24, 2.45) is 0 Å². The van der Waals surface area contributed by atoms with E-state index in [-0.39, 0.29) is 10.8 Å². The number of rotatable bonds is 4. The monoisotopic (exact) mass is 413 g/mol. The number of amides is 3. The average molecular weight is 414 g/mol. The van der Waals surface area contributed by atoms with Crippen LogP contribution in [-0.2, 0) is 0 Å². The largest absolute Gasteiger partial charge is 0.497 e. The number of pyridine rings is 1. The molecule has 148 valence electrons. The molecule has 0 radical (unpaired) electrons. The van der Waals surface area contributed by atoms with Crippen LogP contribution in [0.5, 0.6) is 5.75 Å². The highest BCUT2D eigenvalue weighted by Crippen LogP contribution is 2.25. The van der Waals surface area contributed by atoms with Gasteiger partial charge >= 0.3 is 6.03 Å². The zero-order chi connectivity index (χ0) is 21.0. The summed E-state index contributed by atoms with van der Waals surface area (Å²) in [7, 11) is 1.60. The minimum atomic E-state index is -0.947. The number of nitrogens with zero attached hydrogens (tertiary/aromatic N) is 1. The number of benzene rings is 2. The van der Waals surface area contributed by atoms with Crippen molar-refractivity contribution in [1.82, 2.24) is 10.3 Å². The van der Waals surface area contributed by atoms with Gasteiger partial charge in [-0.3, -0.25) is 15.4 Å². The third-order valence-corrected chi connectivity index (χ3v) is 4.46. The predicted octanol–water partition coefficient (Wildman–Crippen LogP) is 4.82. The molecule has 1 aromatic heterocycles. The average Bonchev–Trinajstić information content (AvgIpc) is 2.68. The first-order valence-electron chi connectivity index (χ1n) is 8.57. The minimum absolute atomic E-state index is 0.0897. The quantitative estimate of drug-likeness (QED) is 0.642. The van der Waals surface area contributed by atoms with Gasteiger partial charge in [-0.15, -0.1) is 0 Å². The molecule has 0 fully saturated rings. The molecule has 2 aromatic carbocycles. The predicted molar refractivity (Wildman–Crippen MR) is 109 cm³/mol. The van der Waals surface area contributed by atoms with E-state index in [1.54, 1.807) is 26.2 Å². The maximum absolute atomic E-state index is 13.8. The maximum Gasteiger partial charge on any atom is 0.327 e. The first kappa shape index (κ1) is 20.3. The highest BCUT2D eigenvalue weighted by atomic mass is 35.5. The second-order valence-corrected chi connectivity index (χ2v) is 6.47. The Balaban J connectivity index is 1.71. The Hall–Kier alpha value is -3.45. The number of carbonyl (C=O) groups is 2. The number of ether oxygens (including phenoxy) is 1. The number of imide groups is 1. The summed E-state index contributed by atoms with van der Waals surface area (Å²) in [5.41, 5.74) is 2.10. The number of carbonyl (C=O) groups excluding carboxylic acids is 2. The number of aryl methyl sites for hydroxylation is 1. The number of aromatic nitrogens is 1. The Labute approximate surface area is 171 Å². The number of hydrogen-bond acceptors (Lipinski definition) is 4. The van der Waals surface area contributed by atoms with E-state index in [0.29, 0.717) is 5.69 Å². The highest BCUT2D eigenvalue weighted by molar-refractivity contribution is 6.34. The minimum Gasteiger partial charge on any atom is -0.497 e. The molecule has 3 aromatic rings.